The van der Waals surface area contributed by atoms with E-state index in [0.29, 0.717) is 17.8 Å². The van der Waals surface area contributed by atoms with Crippen LogP contribution in [0.2, 0.25) is 26.2 Å². The highest BCUT2D eigenvalue weighted by molar-refractivity contribution is 7.04. The number of ether oxygens (including phenoxy) is 1. The number of nitrogens with zero attached hydrogens (tertiary/aromatic N) is 2. The number of hydrogen-bond donors (Lipinski definition) is 0. The Balaban J connectivity index is 1.35. The van der Waals surface area contributed by atoms with E-state index in [9.17, 15) is 0 Å². The number of benzene rings is 7. The number of rotatable bonds is 6. The Morgan fingerprint density at radius 1 is 0.393 bits per heavy atom. The fourth-order valence-electron chi connectivity index (χ4n) is 11.0. The summed E-state index contributed by atoms with van der Waals surface area (Å²) < 4.78 is 7.35. The number of para-hydroxylation sites is 4. The Morgan fingerprint density at radius 3 is 1.05 bits per heavy atom. The van der Waals surface area contributed by atoms with Gasteiger partial charge in [-0.3, -0.25) is 0 Å². The molecule has 61 heavy (non-hydrogen) atoms. The van der Waals surface area contributed by atoms with E-state index in [2.05, 4.69) is 223 Å². The minimum Gasteiger partial charge on any atom is -0.458 e. The van der Waals surface area contributed by atoms with Gasteiger partial charge in [0, 0.05) is 34.1 Å². The van der Waals surface area contributed by atoms with E-state index < -0.39 is 16.1 Å². The van der Waals surface area contributed by atoms with Crippen LogP contribution in [-0.4, -0.2) is 22.9 Å². The SMILES string of the molecule is CC(C)c1cc(C(C)C)c(B2c3c(cccc3N3c4ccccc4[Si](C)(C)c4ccccc43)Oc3cccc(N4c5ccccc5[Si](C)(C)c5ccccc54)c32)c(C(C)C)c1. The summed E-state index contributed by atoms with van der Waals surface area (Å²) in [6, 6.07) is 55.4. The summed E-state index contributed by atoms with van der Waals surface area (Å²) >= 11 is 0. The molecule has 0 bridgehead atoms. The van der Waals surface area contributed by atoms with Gasteiger partial charge in [0.05, 0.1) is 0 Å². The maximum atomic E-state index is 7.35. The molecule has 0 spiro atoms. The maximum absolute atomic E-state index is 7.35. The third-order valence-electron chi connectivity index (χ3n) is 14.1. The Kier molecular flexibility index (Phi) is 9.42. The molecule has 7 aromatic carbocycles. The van der Waals surface area contributed by atoms with Gasteiger partial charge in [0.15, 0.2) is 0 Å². The molecule has 0 unspecified atom stereocenters. The first-order valence-corrected chi connectivity index (χ1v) is 28.4. The number of anilines is 6. The second kappa shape index (κ2) is 14.5. The van der Waals surface area contributed by atoms with E-state index in [4.69, 9.17) is 4.74 Å². The van der Waals surface area contributed by atoms with Crippen LogP contribution in [0.4, 0.5) is 34.1 Å². The minimum atomic E-state index is -2.03. The molecular weight excluding hydrogens is 772 g/mol. The first-order chi connectivity index (χ1) is 29.3. The number of hydrogen-bond acceptors (Lipinski definition) is 3. The van der Waals surface area contributed by atoms with Crippen LogP contribution in [0.15, 0.2) is 146 Å². The molecular formula is C55H57BN2OSi2. The quantitative estimate of drug-likeness (QED) is 0.155. The zero-order valence-electron chi connectivity index (χ0n) is 37.5. The highest BCUT2D eigenvalue weighted by atomic mass is 28.3. The van der Waals surface area contributed by atoms with Crippen LogP contribution < -0.4 is 51.7 Å². The van der Waals surface area contributed by atoms with Gasteiger partial charge < -0.3 is 14.5 Å². The minimum absolute atomic E-state index is 0.139. The molecule has 3 nitrogen and oxygen atoms in total. The van der Waals surface area contributed by atoms with Crippen LogP contribution in [0.5, 0.6) is 11.5 Å². The van der Waals surface area contributed by atoms with Crippen molar-refractivity contribution >= 4 is 94.1 Å². The van der Waals surface area contributed by atoms with Crippen LogP contribution in [-0.2, 0) is 0 Å². The standard InChI is InChI=1S/C55H57BN2OSi2/c1-35(2)38-33-39(36(3)4)53(40(34-38)37(5)6)56-54-45(57-41-21-11-15-29-49(41)60(7,8)50-30-16-12-22-42(50)57)25-19-27-47(54)59-48-28-20-26-46(55(48)56)58-43-23-13-17-31-51(43)61(9,10)52-32-18-14-24-44(52)58/h11-37H,1-10H3. The first-order valence-electron chi connectivity index (χ1n) is 22.4. The molecule has 0 fully saturated rings. The van der Waals surface area contributed by atoms with E-state index in [1.165, 1.54) is 87.9 Å². The molecule has 10 rings (SSSR count). The summed E-state index contributed by atoms with van der Waals surface area (Å²) in [6.07, 6.45) is 0. The van der Waals surface area contributed by atoms with Gasteiger partial charge in [-0.1, -0.05) is 170 Å². The Bertz CT molecular complexity index is 2590. The highest BCUT2D eigenvalue weighted by Crippen LogP contribution is 2.44. The molecule has 6 heteroatoms. The summed E-state index contributed by atoms with van der Waals surface area (Å²) in [6.45, 7) is 24.1. The largest absolute Gasteiger partial charge is 0.458 e. The maximum Gasteiger partial charge on any atom is 0.257 e. The topological polar surface area (TPSA) is 15.7 Å². The summed E-state index contributed by atoms with van der Waals surface area (Å²) in [4.78, 5) is 5.16. The Labute approximate surface area is 366 Å². The van der Waals surface area contributed by atoms with Crippen molar-refractivity contribution in [1.29, 1.82) is 0 Å². The molecule has 3 heterocycles. The molecule has 7 aromatic rings. The van der Waals surface area contributed by atoms with Crippen molar-refractivity contribution in [2.75, 3.05) is 9.80 Å². The Hall–Kier alpha value is -5.56. The van der Waals surface area contributed by atoms with Gasteiger partial charge in [0.1, 0.15) is 27.6 Å². The van der Waals surface area contributed by atoms with Gasteiger partial charge in [-0.05, 0) is 115 Å². The van der Waals surface area contributed by atoms with Crippen molar-refractivity contribution in [3.63, 3.8) is 0 Å². The van der Waals surface area contributed by atoms with Crippen LogP contribution in [0.3, 0.4) is 0 Å². The first kappa shape index (κ1) is 39.6. The van der Waals surface area contributed by atoms with Gasteiger partial charge >= 0.3 is 0 Å². The predicted molar refractivity (Wildman–Crippen MR) is 269 cm³/mol. The van der Waals surface area contributed by atoms with Crippen molar-refractivity contribution in [3.05, 3.63) is 162 Å². The van der Waals surface area contributed by atoms with Gasteiger partial charge in [-0.25, -0.2) is 0 Å². The normalized spacial score (nSPS) is 15.5. The molecule has 304 valence electrons. The fraction of sp³-hybridized carbons (Fsp3) is 0.236. The van der Waals surface area contributed by atoms with Gasteiger partial charge in [-0.15, -0.1) is 0 Å². The van der Waals surface area contributed by atoms with E-state index in [1.807, 2.05) is 0 Å². The molecule has 3 aliphatic rings. The average Bonchev–Trinajstić information content (AvgIpc) is 3.25. The predicted octanol–water partition coefficient (Wildman–Crippen LogP) is 10.9. The lowest BCUT2D eigenvalue weighted by Crippen LogP contribution is -2.62. The number of fused-ring (bicyclic) bond motifs is 6. The lowest BCUT2D eigenvalue weighted by atomic mass is 9.33. The molecule has 0 aliphatic carbocycles. The van der Waals surface area contributed by atoms with Gasteiger partial charge in [0.2, 0.25) is 0 Å². The van der Waals surface area contributed by atoms with E-state index in [0.717, 1.165) is 11.5 Å². The van der Waals surface area contributed by atoms with E-state index in [1.54, 1.807) is 0 Å². The van der Waals surface area contributed by atoms with Crippen LogP contribution in [0.1, 0.15) is 76.0 Å². The van der Waals surface area contributed by atoms with Gasteiger partial charge in [0.25, 0.3) is 6.71 Å². The monoisotopic (exact) mass is 828 g/mol. The third kappa shape index (κ3) is 5.96. The molecule has 0 saturated heterocycles. The van der Waals surface area contributed by atoms with Gasteiger partial charge in [-0.2, -0.15) is 0 Å². The summed E-state index contributed by atoms with van der Waals surface area (Å²) in [7, 11) is -4.07. The van der Waals surface area contributed by atoms with Crippen LogP contribution in [0.25, 0.3) is 0 Å². The zero-order chi connectivity index (χ0) is 42.5. The van der Waals surface area contributed by atoms with Crippen LogP contribution in [0, 0.1) is 0 Å². The molecule has 3 aliphatic heterocycles. The lowest BCUT2D eigenvalue weighted by molar-refractivity contribution is 0.487. The molecule has 0 radical (unpaired) electrons. The van der Waals surface area contributed by atoms with E-state index in [-0.39, 0.29) is 6.71 Å². The molecule has 0 saturated carbocycles. The van der Waals surface area contributed by atoms with E-state index >= 15 is 0 Å². The lowest BCUT2D eigenvalue weighted by Gasteiger charge is -2.44. The molecule has 0 atom stereocenters. The summed E-state index contributed by atoms with van der Waals surface area (Å²) in [5.41, 5.74) is 15.6. The van der Waals surface area contributed by atoms with Crippen molar-refractivity contribution in [2.45, 2.75) is 85.5 Å². The van der Waals surface area contributed by atoms with Crippen molar-refractivity contribution < 1.29 is 4.74 Å². The highest BCUT2D eigenvalue weighted by Gasteiger charge is 2.46. The Morgan fingerprint density at radius 2 is 0.721 bits per heavy atom. The van der Waals surface area contributed by atoms with Crippen molar-refractivity contribution in [1.82, 2.24) is 0 Å². The summed E-state index contributed by atoms with van der Waals surface area (Å²) in [5.74, 6) is 2.86. The molecule has 0 N–H and O–H groups in total. The second-order valence-electron chi connectivity index (χ2n) is 19.5. The summed E-state index contributed by atoms with van der Waals surface area (Å²) in [5, 5.41) is 5.84. The zero-order valence-corrected chi connectivity index (χ0v) is 39.5. The third-order valence-corrected chi connectivity index (χ3v) is 21.2. The van der Waals surface area contributed by atoms with Crippen molar-refractivity contribution in [2.24, 2.45) is 0 Å². The molecule has 0 aromatic heterocycles. The fourth-order valence-corrected chi connectivity index (χ4v) is 16.9. The van der Waals surface area contributed by atoms with Crippen molar-refractivity contribution in [3.8, 4) is 11.5 Å². The average molecular weight is 829 g/mol. The molecule has 0 amide bonds. The smallest absolute Gasteiger partial charge is 0.257 e. The second-order valence-corrected chi connectivity index (χ2v) is 28.1. The van der Waals surface area contributed by atoms with Crippen LogP contribution >= 0.6 is 0 Å².